The van der Waals surface area contributed by atoms with Crippen molar-refractivity contribution in [3.63, 3.8) is 0 Å². The first-order valence-electron chi connectivity index (χ1n) is 16.7. The van der Waals surface area contributed by atoms with Crippen LogP contribution in [0.15, 0.2) is 17.1 Å². The van der Waals surface area contributed by atoms with Crippen molar-refractivity contribution < 1.29 is 37.7 Å². The molecular formula is C33H55F2N3O7. The molecule has 0 radical (unpaired) electrons. The van der Waals surface area contributed by atoms with E-state index in [1.807, 2.05) is 0 Å². The number of amides is 1. The lowest BCUT2D eigenvalue weighted by molar-refractivity contribution is -0.161. The van der Waals surface area contributed by atoms with Crippen LogP contribution >= 0.6 is 0 Å². The highest BCUT2D eigenvalue weighted by Crippen LogP contribution is 2.38. The number of aromatic nitrogens is 2. The number of aliphatic hydroxyl groups excluding tert-OH is 1. The van der Waals surface area contributed by atoms with E-state index in [2.05, 4.69) is 17.2 Å². The molecule has 2 heterocycles. The number of hydrogen-bond acceptors (Lipinski definition) is 8. The number of alkyl halides is 2. The predicted molar refractivity (Wildman–Crippen MR) is 169 cm³/mol. The zero-order chi connectivity index (χ0) is 33.3. The summed E-state index contributed by atoms with van der Waals surface area (Å²) >= 11 is 0. The van der Waals surface area contributed by atoms with Crippen LogP contribution in [0.3, 0.4) is 0 Å². The molecule has 0 saturated carbocycles. The molecule has 1 saturated heterocycles. The second kappa shape index (κ2) is 19.8. The molecule has 2 N–H and O–H groups in total. The van der Waals surface area contributed by atoms with Crippen molar-refractivity contribution >= 4 is 17.9 Å². The van der Waals surface area contributed by atoms with Crippen LogP contribution in [-0.2, 0) is 19.0 Å². The van der Waals surface area contributed by atoms with Crippen molar-refractivity contribution in [3.8, 4) is 0 Å². The first-order valence-corrected chi connectivity index (χ1v) is 16.7. The van der Waals surface area contributed by atoms with Crippen LogP contribution in [0.1, 0.15) is 130 Å². The summed E-state index contributed by atoms with van der Waals surface area (Å²) in [6.45, 7) is 7.02. The Labute approximate surface area is 266 Å². The molecular weight excluding hydrogens is 588 g/mol. The number of esters is 1. The Morgan fingerprint density at radius 3 is 2.18 bits per heavy atom. The number of ether oxygens (including phenoxy) is 3. The van der Waals surface area contributed by atoms with E-state index >= 15 is 8.78 Å². The molecule has 0 aromatic carbocycles. The molecule has 1 fully saturated rings. The van der Waals surface area contributed by atoms with E-state index in [1.165, 1.54) is 57.2 Å². The third-order valence-corrected chi connectivity index (χ3v) is 7.86. The number of hydrogen-bond donors (Lipinski definition) is 2. The standard InChI is InChI=1S/C33H55F2N3O7/c1-5-6-7-8-9-10-11-12-13-14-15-16-17-27(33(34,35)22-25(23-39)29(40)44-26-19-21-43-24-26)38-20-18-28(36-30(38)41)37-31(42)45-32(2,3)4/h18,20,25-27,39H,5-17,19,21-24H2,1-4H3,(H,36,37,41,42). The normalized spacial score (nSPS) is 16.7. The van der Waals surface area contributed by atoms with Gasteiger partial charge in [-0.05, 0) is 33.3 Å². The Hall–Kier alpha value is -2.60. The Balaban J connectivity index is 2.06. The Bertz CT molecular complexity index is 1070. The summed E-state index contributed by atoms with van der Waals surface area (Å²) in [5.74, 6) is -6.07. The minimum atomic E-state index is -3.55. The fourth-order valence-electron chi connectivity index (χ4n) is 5.41. The summed E-state index contributed by atoms with van der Waals surface area (Å²) in [5, 5.41) is 12.2. The second-order valence-corrected chi connectivity index (χ2v) is 13.1. The number of unbranched alkanes of at least 4 members (excludes halogenated alkanes) is 11. The summed E-state index contributed by atoms with van der Waals surface area (Å²) in [6.07, 6.45) is 12.2. The molecule has 3 atom stereocenters. The molecule has 1 amide bonds. The van der Waals surface area contributed by atoms with Crippen molar-refractivity contribution in [2.45, 2.75) is 148 Å². The van der Waals surface area contributed by atoms with E-state index < -0.39 is 60.4 Å². The van der Waals surface area contributed by atoms with E-state index in [-0.39, 0.29) is 18.8 Å². The van der Waals surface area contributed by atoms with Crippen LogP contribution in [0, 0.1) is 5.92 Å². The maximum atomic E-state index is 16.0. The number of nitrogens with zero attached hydrogens (tertiary/aromatic N) is 2. The maximum Gasteiger partial charge on any atom is 0.413 e. The number of carbonyl (C=O) groups is 2. The molecule has 0 spiro atoms. The number of aliphatic hydroxyl groups is 1. The van der Waals surface area contributed by atoms with Crippen molar-refractivity contribution in [2.24, 2.45) is 5.92 Å². The van der Waals surface area contributed by atoms with Gasteiger partial charge in [0.05, 0.1) is 25.7 Å². The minimum absolute atomic E-state index is 0.0332. The first-order chi connectivity index (χ1) is 21.4. The topological polar surface area (TPSA) is 129 Å². The monoisotopic (exact) mass is 643 g/mol. The molecule has 1 aromatic rings. The largest absolute Gasteiger partial charge is 0.460 e. The van der Waals surface area contributed by atoms with Gasteiger partial charge in [0.1, 0.15) is 23.6 Å². The molecule has 45 heavy (non-hydrogen) atoms. The average molecular weight is 644 g/mol. The zero-order valence-electron chi connectivity index (χ0n) is 27.7. The van der Waals surface area contributed by atoms with E-state index in [4.69, 9.17) is 14.2 Å². The van der Waals surface area contributed by atoms with Gasteiger partial charge in [-0.25, -0.2) is 18.4 Å². The lowest BCUT2D eigenvalue weighted by Gasteiger charge is -2.30. The molecule has 2 rings (SSSR count). The van der Waals surface area contributed by atoms with Gasteiger partial charge in [0.15, 0.2) is 0 Å². The SMILES string of the molecule is CCCCCCCCCCCCCCC(n1ccc(NC(=O)OC(C)(C)C)nc1=O)C(F)(F)CC(CO)C(=O)OC1CCOC1. The summed E-state index contributed by atoms with van der Waals surface area (Å²) in [7, 11) is 0. The van der Waals surface area contributed by atoms with E-state index in [1.54, 1.807) is 20.8 Å². The number of carbonyl (C=O) groups excluding carboxylic acids is 2. The van der Waals surface area contributed by atoms with Gasteiger partial charge in [-0.2, -0.15) is 4.98 Å². The van der Waals surface area contributed by atoms with Crippen LogP contribution in [-0.4, -0.2) is 64.2 Å². The quantitative estimate of drug-likeness (QED) is 0.106. The van der Waals surface area contributed by atoms with Crippen LogP contribution in [0.4, 0.5) is 19.4 Å². The number of rotatable bonds is 21. The van der Waals surface area contributed by atoms with Gasteiger partial charge < -0.3 is 19.3 Å². The zero-order valence-corrected chi connectivity index (χ0v) is 27.7. The van der Waals surface area contributed by atoms with Crippen molar-refractivity contribution in [1.29, 1.82) is 0 Å². The third-order valence-electron chi connectivity index (χ3n) is 7.86. The minimum Gasteiger partial charge on any atom is -0.460 e. The smallest absolute Gasteiger partial charge is 0.413 e. The lowest BCUT2D eigenvalue weighted by atomic mass is 9.92. The molecule has 3 unspecified atom stereocenters. The van der Waals surface area contributed by atoms with Crippen molar-refractivity contribution in [1.82, 2.24) is 9.55 Å². The molecule has 10 nitrogen and oxygen atoms in total. The first kappa shape index (κ1) is 38.6. The van der Waals surface area contributed by atoms with Gasteiger partial charge in [0.2, 0.25) is 0 Å². The van der Waals surface area contributed by atoms with Gasteiger partial charge in [0, 0.05) is 19.0 Å². The Morgan fingerprint density at radius 2 is 1.67 bits per heavy atom. The highest BCUT2D eigenvalue weighted by Gasteiger charge is 2.45. The predicted octanol–water partition coefficient (Wildman–Crippen LogP) is 7.19. The summed E-state index contributed by atoms with van der Waals surface area (Å²) in [5.41, 5.74) is -1.76. The summed E-state index contributed by atoms with van der Waals surface area (Å²) in [4.78, 5) is 41.6. The van der Waals surface area contributed by atoms with Crippen molar-refractivity contribution in [2.75, 3.05) is 25.1 Å². The van der Waals surface area contributed by atoms with Gasteiger partial charge in [-0.3, -0.25) is 14.7 Å². The molecule has 0 bridgehead atoms. The van der Waals surface area contributed by atoms with Gasteiger partial charge in [-0.1, -0.05) is 84.0 Å². The molecule has 1 aliphatic heterocycles. The number of nitrogens with one attached hydrogen (secondary N) is 1. The molecule has 1 aromatic heterocycles. The maximum absolute atomic E-state index is 16.0. The number of halogens is 2. The highest BCUT2D eigenvalue weighted by molar-refractivity contribution is 5.83. The van der Waals surface area contributed by atoms with E-state index in [0.717, 1.165) is 30.3 Å². The van der Waals surface area contributed by atoms with E-state index in [0.29, 0.717) is 19.4 Å². The van der Waals surface area contributed by atoms with Crippen LogP contribution in [0.2, 0.25) is 0 Å². The van der Waals surface area contributed by atoms with Gasteiger partial charge in [-0.15, -0.1) is 0 Å². The highest BCUT2D eigenvalue weighted by atomic mass is 19.3. The molecule has 0 aliphatic carbocycles. The van der Waals surface area contributed by atoms with Crippen LogP contribution in [0.25, 0.3) is 0 Å². The Kier molecular flexibility index (Phi) is 17.0. The van der Waals surface area contributed by atoms with Gasteiger partial charge >= 0.3 is 17.8 Å². The molecule has 12 heteroatoms. The lowest BCUT2D eigenvalue weighted by Crippen LogP contribution is -2.41. The average Bonchev–Trinajstić information content (AvgIpc) is 3.47. The summed E-state index contributed by atoms with van der Waals surface area (Å²) in [6, 6.07) is -0.359. The fourth-order valence-corrected chi connectivity index (χ4v) is 5.41. The van der Waals surface area contributed by atoms with E-state index in [9.17, 15) is 19.5 Å². The summed E-state index contributed by atoms with van der Waals surface area (Å²) < 4.78 is 48.4. The fraction of sp³-hybridized carbons (Fsp3) is 0.818. The second-order valence-electron chi connectivity index (χ2n) is 13.1. The van der Waals surface area contributed by atoms with Crippen LogP contribution < -0.4 is 11.0 Å². The molecule has 1 aliphatic rings. The third kappa shape index (κ3) is 15.0. The Morgan fingerprint density at radius 1 is 1.07 bits per heavy atom. The van der Waals surface area contributed by atoms with Crippen LogP contribution in [0.5, 0.6) is 0 Å². The number of anilines is 1. The molecule has 258 valence electrons. The van der Waals surface area contributed by atoms with Crippen molar-refractivity contribution in [3.05, 3.63) is 22.7 Å². The van der Waals surface area contributed by atoms with Gasteiger partial charge in [0.25, 0.3) is 5.92 Å².